The molecule has 0 bridgehead atoms. The second kappa shape index (κ2) is 6.06. The van der Waals surface area contributed by atoms with E-state index in [4.69, 9.17) is 0 Å². The summed E-state index contributed by atoms with van der Waals surface area (Å²) in [6.07, 6.45) is 7.23. The van der Waals surface area contributed by atoms with E-state index in [9.17, 15) is 4.79 Å². The summed E-state index contributed by atoms with van der Waals surface area (Å²) >= 11 is 1.77. The highest BCUT2D eigenvalue weighted by molar-refractivity contribution is 7.10. The van der Waals surface area contributed by atoms with Crippen molar-refractivity contribution in [1.29, 1.82) is 0 Å². The molecule has 0 aromatic carbocycles. The number of carbonyl (C=O) groups excluding carboxylic acids is 1. The van der Waals surface area contributed by atoms with E-state index in [1.54, 1.807) is 11.3 Å². The molecule has 4 heteroatoms. The Bertz CT molecular complexity index is 449. The Labute approximate surface area is 118 Å². The predicted octanol–water partition coefficient (Wildman–Crippen LogP) is 2.36. The maximum Gasteiger partial charge on any atom is 0.252 e. The lowest BCUT2D eigenvalue weighted by molar-refractivity contribution is 0.0944. The zero-order valence-electron chi connectivity index (χ0n) is 11.3. The minimum absolute atomic E-state index is 0.143. The first-order valence-corrected chi connectivity index (χ1v) is 8.30. The van der Waals surface area contributed by atoms with Crippen LogP contribution < -0.4 is 10.6 Å². The Morgan fingerprint density at radius 3 is 3.11 bits per heavy atom. The fraction of sp³-hybridized carbons (Fsp3) is 0.667. The zero-order valence-corrected chi connectivity index (χ0v) is 12.2. The van der Waals surface area contributed by atoms with Crippen molar-refractivity contribution in [2.24, 2.45) is 5.92 Å². The summed E-state index contributed by atoms with van der Waals surface area (Å²) in [5, 5.41) is 8.59. The Morgan fingerprint density at radius 2 is 2.26 bits per heavy atom. The molecule has 0 saturated carbocycles. The minimum atomic E-state index is 0.143. The van der Waals surface area contributed by atoms with Crippen molar-refractivity contribution in [3.8, 4) is 0 Å². The number of hydrogen-bond donors (Lipinski definition) is 2. The summed E-state index contributed by atoms with van der Waals surface area (Å²) in [6.45, 7) is 2.99. The molecule has 104 valence electrons. The van der Waals surface area contributed by atoms with E-state index < -0.39 is 0 Å². The first kappa shape index (κ1) is 13.1. The normalized spacial score (nSPS) is 22.8. The number of piperidine rings is 1. The third kappa shape index (κ3) is 3.00. The largest absolute Gasteiger partial charge is 0.352 e. The van der Waals surface area contributed by atoms with Crippen molar-refractivity contribution in [2.75, 3.05) is 19.6 Å². The van der Waals surface area contributed by atoms with E-state index in [0.717, 1.165) is 31.6 Å². The van der Waals surface area contributed by atoms with Gasteiger partial charge in [0.05, 0.1) is 5.56 Å². The lowest BCUT2D eigenvalue weighted by Crippen LogP contribution is -2.38. The first-order valence-electron chi connectivity index (χ1n) is 7.43. The highest BCUT2D eigenvalue weighted by Crippen LogP contribution is 2.30. The molecule has 1 saturated heterocycles. The van der Waals surface area contributed by atoms with Gasteiger partial charge in [0.15, 0.2) is 0 Å². The molecule has 0 radical (unpaired) electrons. The number of aryl methyl sites for hydroxylation is 1. The van der Waals surface area contributed by atoms with Crippen LogP contribution >= 0.6 is 11.3 Å². The van der Waals surface area contributed by atoms with E-state index in [0.29, 0.717) is 5.92 Å². The Kier molecular flexibility index (Phi) is 4.18. The van der Waals surface area contributed by atoms with Crippen LogP contribution in [0.4, 0.5) is 0 Å². The second-order valence-electron chi connectivity index (χ2n) is 5.68. The molecule has 1 aromatic rings. The van der Waals surface area contributed by atoms with Crippen LogP contribution in [-0.2, 0) is 12.8 Å². The molecule has 1 unspecified atom stereocenters. The van der Waals surface area contributed by atoms with Gasteiger partial charge in [-0.3, -0.25) is 4.79 Å². The first-order chi connectivity index (χ1) is 9.34. The summed E-state index contributed by atoms with van der Waals surface area (Å²) in [5.41, 5.74) is 2.28. The highest BCUT2D eigenvalue weighted by Gasteiger charge is 2.21. The maximum atomic E-state index is 12.3. The van der Waals surface area contributed by atoms with Crippen LogP contribution in [-0.4, -0.2) is 25.5 Å². The molecule has 3 rings (SSSR count). The number of thiophene rings is 1. The third-order valence-electron chi connectivity index (χ3n) is 4.26. The van der Waals surface area contributed by atoms with Crippen LogP contribution in [0.25, 0.3) is 0 Å². The molecular formula is C15H22N2OS. The number of amides is 1. The van der Waals surface area contributed by atoms with E-state index in [1.165, 1.54) is 42.5 Å². The Balaban J connectivity index is 1.59. The van der Waals surface area contributed by atoms with Crippen LogP contribution in [0.1, 0.15) is 46.5 Å². The van der Waals surface area contributed by atoms with Gasteiger partial charge in [-0.25, -0.2) is 0 Å². The molecule has 1 aromatic heterocycles. The van der Waals surface area contributed by atoms with Gasteiger partial charge in [-0.1, -0.05) is 0 Å². The van der Waals surface area contributed by atoms with E-state index in [2.05, 4.69) is 16.0 Å². The van der Waals surface area contributed by atoms with E-state index in [-0.39, 0.29) is 5.91 Å². The van der Waals surface area contributed by atoms with Crippen LogP contribution in [0.5, 0.6) is 0 Å². The fourth-order valence-corrected chi connectivity index (χ4v) is 4.24. The van der Waals surface area contributed by atoms with Gasteiger partial charge in [0.1, 0.15) is 0 Å². The van der Waals surface area contributed by atoms with E-state index >= 15 is 0 Å². The second-order valence-corrected chi connectivity index (χ2v) is 6.64. The molecular weight excluding hydrogens is 256 g/mol. The summed E-state index contributed by atoms with van der Waals surface area (Å²) in [4.78, 5) is 13.7. The minimum Gasteiger partial charge on any atom is -0.352 e. The smallest absolute Gasteiger partial charge is 0.252 e. The van der Waals surface area contributed by atoms with Crippen molar-refractivity contribution in [3.63, 3.8) is 0 Å². The zero-order chi connectivity index (χ0) is 13.1. The molecule has 2 N–H and O–H groups in total. The van der Waals surface area contributed by atoms with Crippen molar-refractivity contribution in [3.05, 3.63) is 21.4 Å². The lowest BCUT2D eigenvalue weighted by Gasteiger charge is -2.23. The SMILES string of the molecule is O=C(NCC1CCCNC1)c1csc2c1CCCC2. The average molecular weight is 278 g/mol. The van der Waals surface area contributed by atoms with Crippen LogP contribution in [0.2, 0.25) is 0 Å². The lowest BCUT2D eigenvalue weighted by atomic mass is 9.95. The van der Waals surface area contributed by atoms with Crippen molar-refractivity contribution in [2.45, 2.75) is 38.5 Å². The van der Waals surface area contributed by atoms with Gasteiger partial charge in [0, 0.05) is 16.8 Å². The van der Waals surface area contributed by atoms with Crippen molar-refractivity contribution in [1.82, 2.24) is 10.6 Å². The van der Waals surface area contributed by atoms with Gasteiger partial charge in [0.25, 0.3) is 5.91 Å². The predicted molar refractivity (Wildman–Crippen MR) is 78.9 cm³/mol. The van der Waals surface area contributed by atoms with Gasteiger partial charge < -0.3 is 10.6 Å². The van der Waals surface area contributed by atoms with Crippen LogP contribution in [0.15, 0.2) is 5.38 Å². The maximum absolute atomic E-state index is 12.3. The topological polar surface area (TPSA) is 41.1 Å². The molecule has 2 heterocycles. The van der Waals surface area contributed by atoms with Crippen LogP contribution in [0.3, 0.4) is 0 Å². The molecule has 1 aliphatic carbocycles. The van der Waals surface area contributed by atoms with E-state index in [1.807, 2.05) is 0 Å². The number of fused-ring (bicyclic) bond motifs is 1. The quantitative estimate of drug-likeness (QED) is 0.891. The van der Waals surface area contributed by atoms with Crippen molar-refractivity contribution >= 4 is 17.2 Å². The molecule has 1 fully saturated rings. The number of nitrogens with one attached hydrogen (secondary N) is 2. The van der Waals surface area contributed by atoms with Crippen LogP contribution in [0, 0.1) is 5.92 Å². The molecule has 2 aliphatic rings. The summed E-state index contributed by atoms with van der Waals surface area (Å²) < 4.78 is 0. The van der Waals surface area contributed by atoms with Gasteiger partial charge in [-0.05, 0) is 63.1 Å². The Morgan fingerprint density at radius 1 is 1.37 bits per heavy atom. The summed E-state index contributed by atoms with van der Waals surface area (Å²) in [7, 11) is 0. The highest BCUT2D eigenvalue weighted by atomic mass is 32.1. The molecule has 0 spiro atoms. The monoisotopic (exact) mass is 278 g/mol. The average Bonchev–Trinajstić information content (AvgIpc) is 2.90. The molecule has 1 amide bonds. The van der Waals surface area contributed by atoms with Gasteiger partial charge in [-0.15, -0.1) is 11.3 Å². The number of hydrogen-bond acceptors (Lipinski definition) is 3. The molecule has 3 nitrogen and oxygen atoms in total. The van der Waals surface area contributed by atoms with Gasteiger partial charge >= 0.3 is 0 Å². The fourth-order valence-electron chi connectivity index (χ4n) is 3.11. The molecule has 19 heavy (non-hydrogen) atoms. The molecule has 1 atom stereocenters. The van der Waals surface area contributed by atoms with Gasteiger partial charge in [-0.2, -0.15) is 0 Å². The third-order valence-corrected chi connectivity index (χ3v) is 5.34. The standard InChI is InChI=1S/C15H22N2OS/c18-15(17-9-11-4-3-7-16-8-11)13-10-19-14-6-2-1-5-12(13)14/h10-11,16H,1-9H2,(H,17,18). The molecule has 1 aliphatic heterocycles. The summed E-state index contributed by atoms with van der Waals surface area (Å²) in [6, 6.07) is 0. The van der Waals surface area contributed by atoms with Gasteiger partial charge in [0.2, 0.25) is 0 Å². The van der Waals surface area contributed by atoms with Crippen molar-refractivity contribution < 1.29 is 4.79 Å². The Hall–Kier alpha value is -0.870. The number of rotatable bonds is 3. The summed E-state index contributed by atoms with van der Waals surface area (Å²) in [5.74, 6) is 0.747. The number of carbonyl (C=O) groups is 1.